The van der Waals surface area contributed by atoms with Crippen molar-refractivity contribution in [3.05, 3.63) is 47.4 Å². The number of carbonyl (C=O) groups is 4. The number of nitrogens with one attached hydrogen (secondary N) is 2. The largest absolute Gasteiger partial charge is 0.509 e. The smallest absolute Gasteiger partial charge is 0.408 e. The number of carbonyl (C=O) groups excluding carboxylic acids is 4. The van der Waals surface area contributed by atoms with E-state index in [1.54, 1.807) is 71.9 Å². The molecule has 0 aliphatic carbocycles. The Labute approximate surface area is 208 Å². The van der Waals surface area contributed by atoms with Gasteiger partial charge in [0.25, 0.3) is 5.91 Å². The number of nitrogens with zero attached hydrogens (tertiary/aromatic N) is 1. The van der Waals surface area contributed by atoms with Crippen molar-refractivity contribution in [1.82, 2.24) is 15.5 Å². The first-order valence-corrected chi connectivity index (χ1v) is 12.2. The monoisotopic (exact) mass is 505 g/mol. The van der Waals surface area contributed by atoms with Crippen LogP contribution in [0.3, 0.4) is 0 Å². The molecule has 2 aliphatic rings. The van der Waals surface area contributed by atoms with Crippen LogP contribution >= 0.6 is 11.8 Å². The van der Waals surface area contributed by atoms with Gasteiger partial charge >= 0.3 is 12.1 Å². The van der Waals surface area contributed by atoms with Crippen LogP contribution in [-0.4, -0.2) is 62.3 Å². The summed E-state index contributed by atoms with van der Waals surface area (Å²) in [5.74, 6) is -2.17. The molecule has 2 heterocycles. The molecular formula is C24H31N3O7S. The summed E-state index contributed by atoms with van der Waals surface area (Å²) in [6.45, 7) is 10.2. The fourth-order valence-electron chi connectivity index (χ4n) is 3.53. The van der Waals surface area contributed by atoms with Crippen LogP contribution in [0.4, 0.5) is 4.79 Å². The zero-order valence-electron chi connectivity index (χ0n) is 20.6. The average Bonchev–Trinajstić information content (AvgIpc) is 2.73. The highest BCUT2D eigenvalue weighted by atomic mass is 32.2. The lowest BCUT2D eigenvalue weighted by Crippen LogP contribution is -2.71. The van der Waals surface area contributed by atoms with Crippen molar-refractivity contribution in [2.24, 2.45) is 0 Å². The van der Waals surface area contributed by atoms with E-state index in [1.807, 2.05) is 0 Å². The van der Waals surface area contributed by atoms with Crippen LogP contribution in [0.5, 0.6) is 0 Å². The van der Waals surface area contributed by atoms with E-state index in [2.05, 4.69) is 10.6 Å². The zero-order chi connectivity index (χ0) is 26.1. The number of amides is 3. The summed E-state index contributed by atoms with van der Waals surface area (Å²) >= 11 is 1.21. The lowest BCUT2D eigenvalue weighted by molar-refractivity contribution is -0.159. The van der Waals surface area contributed by atoms with Gasteiger partial charge in [-0.25, -0.2) is 9.59 Å². The predicted octanol–water partition coefficient (Wildman–Crippen LogP) is 2.76. The molecule has 3 N–H and O–H groups in total. The maximum absolute atomic E-state index is 13.2. The van der Waals surface area contributed by atoms with Gasteiger partial charge in [0.05, 0.1) is 5.75 Å². The van der Waals surface area contributed by atoms with Crippen LogP contribution in [0.2, 0.25) is 0 Å². The number of ether oxygens (including phenoxy) is 2. The van der Waals surface area contributed by atoms with Gasteiger partial charge in [-0.3, -0.25) is 14.5 Å². The lowest BCUT2D eigenvalue weighted by atomic mass is 10.0. The van der Waals surface area contributed by atoms with Crippen molar-refractivity contribution < 1.29 is 33.8 Å². The van der Waals surface area contributed by atoms with Gasteiger partial charge in [0.1, 0.15) is 34.4 Å². The van der Waals surface area contributed by atoms with Gasteiger partial charge in [-0.05, 0) is 47.1 Å². The Bertz CT molecular complexity index is 1040. The molecule has 0 aromatic heterocycles. The number of alkyl carbamates (subject to hydrolysis) is 1. The van der Waals surface area contributed by atoms with Crippen LogP contribution in [0, 0.1) is 0 Å². The van der Waals surface area contributed by atoms with Crippen molar-refractivity contribution in [1.29, 1.82) is 0 Å². The van der Waals surface area contributed by atoms with Gasteiger partial charge in [-0.15, -0.1) is 11.8 Å². The number of aliphatic hydroxyl groups excluding tert-OH is 1. The van der Waals surface area contributed by atoms with E-state index in [4.69, 9.17) is 9.47 Å². The number of hydrogen-bond acceptors (Lipinski definition) is 8. The van der Waals surface area contributed by atoms with Crippen LogP contribution < -0.4 is 10.6 Å². The van der Waals surface area contributed by atoms with Crippen LogP contribution in [0.15, 0.2) is 41.8 Å². The number of aliphatic hydroxyl groups is 1. The number of β-lactam (4-membered cyclic amide) rings is 1. The molecule has 1 saturated heterocycles. The first kappa shape index (κ1) is 26.4. The first-order valence-electron chi connectivity index (χ1n) is 11.1. The second kappa shape index (κ2) is 9.80. The highest BCUT2D eigenvalue weighted by Gasteiger charge is 2.55. The van der Waals surface area contributed by atoms with E-state index in [0.717, 1.165) is 4.90 Å². The van der Waals surface area contributed by atoms with Crippen molar-refractivity contribution in [3.63, 3.8) is 0 Å². The molecule has 1 aromatic rings. The topological polar surface area (TPSA) is 134 Å². The van der Waals surface area contributed by atoms with Gasteiger partial charge in [0.2, 0.25) is 5.91 Å². The summed E-state index contributed by atoms with van der Waals surface area (Å²) < 4.78 is 10.6. The van der Waals surface area contributed by atoms with Gasteiger partial charge in [0, 0.05) is 0 Å². The summed E-state index contributed by atoms with van der Waals surface area (Å²) in [5, 5.41) is 14.9. The third-order valence-corrected chi connectivity index (χ3v) is 6.16. The molecule has 190 valence electrons. The van der Waals surface area contributed by atoms with Crippen molar-refractivity contribution >= 4 is 35.6 Å². The number of benzene rings is 1. The van der Waals surface area contributed by atoms with E-state index >= 15 is 0 Å². The average molecular weight is 506 g/mol. The number of esters is 1. The van der Waals surface area contributed by atoms with E-state index in [1.165, 1.54) is 11.8 Å². The number of thioether (sulfide) groups is 1. The zero-order valence-corrected chi connectivity index (χ0v) is 21.4. The molecule has 3 amide bonds. The van der Waals surface area contributed by atoms with Gasteiger partial charge in [-0.1, -0.05) is 30.3 Å². The molecule has 0 saturated carbocycles. The highest BCUT2D eigenvalue weighted by molar-refractivity contribution is 8.00. The molecule has 10 nitrogen and oxygen atoms in total. The Morgan fingerprint density at radius 2 is 1.66 bits per heavy atom. The Morgan fingerprint density at radius 3 is 2.23 bits per heavy atom. The second-order valence-corrected chi connectivity index (χ2v) is 11.3. The minimum Gasteiger partial charge on any atom is -0.509 e. The van der Waals surface area contributed by atoms with E-state index in [-0.39, 0.29) is 17.2 Å². The van der Waals surface area contributed by atoms with Gasteiger partial charge in [0.15, 0.2) is 5.70 Å². The Balaban J connectivity index is 1.76. The molecule has 0 radical (unpaired) electrons. The van der Waals surface area contributed by atoms with Crippen molar-refractivity contribution in [2.75, 3.05) is 5.75 Å². The fraction of sp³-hybridized carbons (Fsp3) is 0.500. The lowest BCUT2D eigenvalue weighted by Gasteiger charge is -2.49. The molecule has 2 aliphatic heterocycles. The fourth-order valence-corrected chi connectivity index (χ4v) is 4.73. The predicted molar refractivity (Wildman–Crippen MR) is 129 cm³/mol. The molecule has 3 atom stereocenters. The number of rotatable bonds is 5. The van der Waals surface area contributed by atoms with Crippen molar-refractivity contribution in [2.45, 2.75) is 70.2 Å². The Hall–Kier alpha value is -3.21. The normalized spacial score (nSPS) is 20.9. The Kier molecular flexibility index (Phi) is 7.39. The van der Waals surface area contributed by atoms with E-state index in [0.29, 0.717) is 5.56 Å². The third-order valence-electron chi connectivity index (χ3n) is 4.89. The van der Waals surface area contributed by atoms with Crippen molar-refractivity contribution in [3.8, 4) is 0 Å². The number of fused-ring (bicyclic) bond motifs is 1. The molecule has 1 fully saturated rings. The molecule has 35 heavy (non-hydrogen) atoms. The minimum absolute atomic E-state index is 0.0770. The SMILES string of the molecule is CC(C)(C)OC(=O)NC(C(=O)NC1C(=O)N2C(C(=O)OC(C)(C)C)=C(O)CS[C@H]12)c1ccccc1. The van der Waals surface area contributed by atoms with Crippen LogP contribution in [0.25, 0.3) is 0 Å². The molecular weight excluding hydrogens is 474 g/mol. The maximum atomic E-state index is 13.2. The summed E-state index contributed by atoms with van der Waals surface area (Å²) in [7, 11) is 0. The summed E-state index contributed by atoms with van der Waals surface area (Å²) in [4.78, 5) is 52.3. The summed E-state index contributed by atoms with van der Waals surface area (Å²) in [6, 6.07) is 6.50. The second-order valence-electron chi connectivity index (χ2n) is 10.2. The highest BCUT2D eigenvalue weighted by Crippen LogP contribution is 2.40. The standard InChI is InChI=1S/C24H31N3O7S/c1-23(2,3)33-21(31)17-14(28)12-35-20-16(19(30)27(17)20)25-18(29)15(13-10-8-7-9-11-13)26-22(32)34-24(4,5)6/h7-11,15-16,20,28H,12H2,1-6H3,(H,25,29)(H,26,32)/t15?,16?,20-/m1/s1. The Morgan fingerprint density at radius 1 is 1.06 bits per heavy atom. The minimum atomic E-state index is -1.12. The van der Waals surface area contributed by atoms with E-state index < -0.39 is 52.5 Å². The molecule has 0 bridgehead atoms. The van der Waals surface area contributed by atoms with Crippen LogP contribution in [0.1, 0.15) is 53.1 Å². The third kappa shape index (κ3) is 6.27. The maximum Gasteiger partial charge on any atom is 0.408 e. The van der Waals surface area contributed by atoms with Crippen LogP contribution in [-0.2, 0) is 23.9 Å². The van der Waals surface area contributed by atoms with E-state index in [9.17, 15) is 24.3 Å². The summed E-state index contributed by atoms with van der Waals surface area (Å²) in [6.07, 6.45) is -0.782. The first-order chi connectivity index (χ1) is 16.2. The molecule has 1 aromatic carbocycles. The molecule has 2 unspecified atom stereocenters. The number of hydrogen-bond donors (Lipinski definition) is 3. The summed E-state index contributed by atoms with van der Waals surface area (Å²) in [5.41, 5.74) is -1.30. The van der Waals surface area contributed by atoms with Gasteiger partial charge < -0.3 is 25.2 Å². The quantitative estimate of drug-likeness (QED) is 0.411. The molecule has 11 heteroatoms. The molecule has 0 spiro atoms. The molecule has 3 rings (SSSR count). The van der Waals surface area contributed by atoms with Gasteiger partial charge in [-0.2, -0.15) is 0 Å².